The van der Waals surface area contributed by atoms with Crippen LogP contribution in [-0.4, -0.2) is 47.4 Å². The Morgan fingerprint density at radius 1 is 1.09 bits per heavy atom. The number of anilines is 1. The minimum Gasteiger partial charge on any atom is -0.489 e. The van der Waals surface area contributed by atoms with Crippen molar-refractivity contribution in [2.45, 2.75) is 39.2 Å². The van der Waals surface area contributed by atoms with Gasteiger partial charge in [-0.05, 0) is 49.7 Å². The molecule has 0 amide bonds. The molecule has 0 spiro atoms. The predicted octanol–water partition coefficient (Wildman–Crippen LogP) is 4.41. The summed E-state index contributed by atoms with van der Waals surface area (Å²) in [5.41, 5.74) is 3.21. The van der Waals surface area contributed by atoms with Crippen LogP contribution in [0.3, 0.4) is 0 Å². The maximum atomic E-state index is 9.67. The van der Waals surface area contributed by atoms with E-state index in [1.54, 1.807) is 6.20 Å². The van der Waals surface area contributed by atoms with Gasteiger partial charge in [-0.1, -0.05) is 6.07 Å². The molecule has 170 valence electrons. The zero-order valence-electron chi connectivity index (χ0n) is 19.2. The van der Waals surface area contributed by atoms with E-state index in [0.29, 0.717) is 36.8 Å². The second-order valence-electron chi connectivity index (χ2n) is 7.98. The largest absolute Gasteiger partial charge is 0.489 e. The smallest absolute Gasteiger partial charge is 0.137 e. The zero-order chi connectivity index (χ0) is 23.0. The van der Waals surface area contributed by atoms with Gasteiger partial charge >= 0.3 is 0 Å². The average molecular weight is 444 g/mol. The summed E-state index contributed by atoms with van der Waals surface area (Å²) in [6.45, 7) is 7.50. The first-order valence-corrected chi connectivity index (χ1v) is 11.5. The lowest BCUT2D eigenvalue weighted by molar-refractivity contribution is 0.0254. The molecule has 0 N–H and O–H groups in total. The molecule has 4 rings (SSSR count). The molecule has 0 saturated carbocycles. The molecular formula is C26H29N5O2. The van der Waals surface area contributed by atoms with E-state index in [1.807, 2.05) is 36.5 Å². The molecule has 2 aromatic heterocycles. The third kappa shape index (κ3) is 5.65. The van der Waals surface area contributed by atoms with Crippen LogP contribution in [-0.2, 0) is 11.2 Å². The molecule has 1 aromatic carbocycles. The van der Waals surface area contributed by atoms with E-state index in [1.165, 1.54) is 0 Å². The number of pyridine rings is 1. The maximum Gasteiger partial charge on any atom is 0.137 e. The summed E-state index contributed by atoms with van der Waals surface area (Å²) in [6, 6.07) is 13.9. The molecule has 0 bridgehead atoms. The van der Waals surface area contributed by atoms with Crippen molar-refractivity contribution in [3.8, 4) is 23.1 Å². The number of ether oxygens (including phenoxy) is 2. The molecule has 0 unspecified atom stereocenters. The van der Waals surface area contributed by atoms with Gasteiger partial charge in [-0.2, -0.15) is 5.26 Å². The topological polar surface area (TPSA) is 84.2 Å². The summed E-state index contributed by atoms with van der Waals surface area (Å²) < 4.78 is 11.5. The Morgan fingerprint density at radius 3 is 2.61 bits per heavy atom. The third-order valence-corrected chi connectivity index (χ3v) is 5.82. The number of nitrogens with zero attached hydrogens (tertiary/aromatic N) is 5. The Bertz CT molecular complexity index is 1100. The van der Waals surface area contributed by atoms with Gasteiger partial charge in [0.1, 0.15) is 29.6 Å². The van der Waals surface area contributed by atoms with Crippen molar-refractivity contribution >= 4 is 5.82 Å². The fourth-order valence-corrected chi connectivity index (χ4v) is 3.94. The second kappa shape index (κ2) is 10.9. The van der Waals surface area contributed by atoms with Crippen LogP contribution in [0.4, 0.5) is 5.82 Å². The van der Waals surface area contributed by atoms with E-state index < -0.39 is 0 Å². The average Bonchev–Trinajstić information content (AvgIpc) is 2.87. The summed E-state index contributed by atoms with van der Waals surface area (Å²) >= 11 is 0. The van der Waals surface area contributed by atoms with Crippen molar-refractivity contribution in [2.24, 2.45) is 0 Å². The quantitative estimate of drug-likeness (QED) is 0.510. The molecule has 3 heterocycles. The molecular weight excluding hydrogens is 414 g/mol. The minimum absolute atomic E-state index is 0.0871. The van der Waals surface area contributed by atoms with Gasteiger partial charge in [0.2, 0.25) is 0 Å². The number of hydrogen-bond donors (Lipinski definition) is 0. The molecule has 1 aliphatic rings. The van der Waals surface area contributed by atoms with E-state index in [9.17, 15) is 5.26 Å². The van der Waals surface area contributed by atoms with Gasteiger partial charge in [-0.3, -0.25) is 0 Å². The van der Waals surface area contributed by atoms with E-state index in [-0.39, 0.29) is 6.10 Å². The van der Waals surface area contributed by atoms with E-state index >= 15 is 0 Å². The fraction of sp³-hybridized carbons (Fsp3) is 0.385. The molecule has 1 fully saturated rings. The Hall–Kier alpha value is -3.50. The first kappa shape index (κ1) is 22.7. The van der Waals surface area contributed by atoms with Crippen molar-refractivity contribution in [2.75, 3.05) is 31.2 Å². The van der Waals surface area contributed by atoms with Crippen LogP contribution in [0.1, 0.15) is 43.6 Å². The number of benzene rings is 1. The van der Waals surface area contributed by atoms with Crippen molar-refractivity contribution < 1.29 is 9.47 Å². The zero-order valence-corrected chi connectivity index (χ0v) is 19.2. The van der Waals surface area contributed by atoms with Gasteiger partial charge in [-0.15, -0.1) is 0 Å². The van der Waals surface area contributed by atoms with Crippen molar-refractivity contribution in [3.63, 3.8) is 0 Å². The molecule has 7 nitrogen and oxygen atoms in total. The summed E-state index contributed by atoms with van der Waals surface area (Å²) in [5, 5.41) is 9.67. The highest BCUT2D eigenvalue weighted by Gasteiger charge is 2.17. The fourth-order valence-electron chi connectivity index (χ4n) is 3.94. The Labute approximate surface area is 195 Å². The second-order valence-corrected chi connectivity index (χ2v) is 7.98. The molecule has 33 heavy (non-hydrogen) atoms. The van der Waals surface area contributed by atoms with E-state index in [4.69, 9.17) is 14.5 Å². The summed E-state index contributed by atoms with van der Waals surface area (Å²) in [5.74, 6) is 2.30. The highest BCUT2D eigenvalue weighted by atomic mass is 16.5. The highest BCUT2D eigenvalue weighted by Crippen LogP contribution is 2.27. The lowest BCUT2D eigenvalue weighted by Crippen LogP contribution is -2.26. The van der Waals surface area contributed by atoms with Crippen molar-refractivity contribution in [1.82, 2.24) is 15.0 Å². The van der Waals surface area contributed by atoms with Crippen molar-refractivity contribution in [1.29, 1.82) is 5.26 Å². The normalized spacial score (nSPS) is 14.0. The summed E-state index contributed by atoms with van der Waals surface area (Å²) in [4.78, 5) is 16.0. The van der Waals surface area contributed by atoms with Crippen LogP contribution < -0.4 is 9.64 Å². The van der Waals surface area contributed by atoms with E-state index in [0.717, 1.165) is 48.6 Å². The number of nitriles is 1. The third-order valence-electron chi connectivity index (χ3n) is 5.82. The first-order chi connectivity index (χ1) is 16.2. The lowest BCUT2D eigenvalue weighted by Gasteiger charge is -2.23. The molecule has 1 aliphatic heterocycles. The maximum absolute atomic E-state index is 9.67. The van der Waals surface area contributed by atoms with Gasteiger partial charge in [0, 0.05) is 50.3 Å². The Balaban J connectivity index is 1.49. The number of rotatable bonds is 8. The first-order valence-electron chi connectivity index (χ1n) is 11.5. The van der Waals surface area contributed by atoms with E-state index in [2.05, 4.69) is 40.9 Å². The molecule has 3 aromatic rings. The van der Waals surface area contributed by atoms with Crippen LogP contribution >= 0.6 is 0 Å². The number of aromatic nitrogens is 3. The van der Waals surface area contributed by atoms with Gasteiger partial charge in [0.05, 0.1) is 24.5 Å². The molecule has 0 radical (unpaired) electrons. The van der Waals surface area contributed by atoms with Gasteiger partial charge in [0.25, 0.3) is 0 Å². The molecule has 0 aliphatic carbocycles. The van der Waals surface area contributed by atoms with Crippen LogP contribution in [0.25, 0.3) is 11.3 Å². The molecule has 0 atom stereocenters. The summed E-state index contributed by atoms with van der Waals surface area (Å²) in [6.07, 6.45) is 6.01. The number of hydrogen-bond acceptors (Lipinski definition) is 7. The summed E-state index contributed by atoms with van der Waals surface area (Å²) in [7, 11) is 0. The van der Waals surface area contributed by atoms with Gasteiger partial charge < -0.3 is 14.4 Å². The molecule has 7 heteroatoms. The van der Waals surface area contributed by atoms with Crippen LogP contribution in [0.5, 0.6) is 5.75 Å². The van der Waals surface area contributed by atoms with Crippen LogP contribution in [0, 0.1) is 11.3 Å². The molecule has 1 saturated heterocycles. The predicted molar refractivity (Wildman–Crippen MR) is 127 cm³/mol. The van der Waals surface area contributed by atoms with Crippen molar-refractivity contribution in [3.05, 3.63) is 65.7 Å². The SMILES string of the molecule is CCN(CC)c1ccc(Cc2nccc(-c3ccc(OC4CCOCC4)c(C#N)c3)n2)cn1. The van der Waals surface area contributed by atoms with Gasteiger partial charge in [0.15, 0.2) is 0 Å². The standard InChI is InChI=1S/C26H29N5O2/c1-3-31(4-2)26-8-5-19(18-29-26)15-25-28-12-9-23(30-25)20-6-7-24(21(16-20)17-27)33-22-10-13-32-14-11-22/h5-9,12,16,18,22H,3-4,10-11,13-15H2,1-2H3. The lowest BCUT2D eigenvalue weighted by atomic mass is 10.1. The Morgan fingerprint density at radius 2 is 1.91 bits per heavy atom. The minimum atomic E-state index is 0.0871. The van der Waals surface area contributed by atoms with Gasteiger partial charge in [-0.25, -0.2) is 15.0 Å². The highest BCUT2D eigenvalue weighted by molar-refractivity contribution is 5.64. The Kier molecular flexibility index (Phi) is 7.48. The van der Waals surface area contributed by atoms with Crippen LogP contribution in [0.2, 0.25) is 0 Å². The monoisotopic (exact) mass is 443 g/mol. The van der Waals surface area contributed by atoms with Crippen LogP contribution in [0.15, 0.2) is 48.8 Å².